The fraction of sp³-hybridized carbons (Fsp3) is 0.100. The van der Waals surface area contributed by atoms with Crippen molar-refractivity contribution < 1.29 is 4.79 Å². The molecule has 1 amide bonds. The maximum absolute atomic E-state index is 11.0. The summed E-state index contributed by atoms with van der Waals surface area (Å²) in [5.41, 5.74) is 6.72. The molecular weight excluding hydrogens is 224 g/mol. The molecule has 3 N–H and O–H groups in total. The summed E-state index contributed by atoms with van der Waals surface area (Å²) < 4.78 is 0. The van der Waals surface area contributed by atoms with Gasteiger partial charge in [0.1, 0.15) is 5.69 Å². The smallest absolute Gasteiger partial charge is 0.239 e. The van der Waals surface area contributed by atoms with Gasteiger partial charge in [0.25, 0.3) is 0 Å². The van der Waals surface area contributed by atoms with Crippen molar-refractivity contribution in [1.29, 1.82) is 0 Å². The number of carbonyl (C=O) groups excluding carboxylic acids is 1. The molecule has 0 bridgehead atoms. The van der Waals surface area contributed by atoms with Gasteiger partial charge >= 0.3 is 0 Å². The highest BCUT2D eigenvalue weighted by atomic mass is 32.1. The molecule has 0 spiro atoms. The Kier molecular flexibility index (Phi) is 3.23. The molecule has 0 radical (unpaired) electrons. The summed E-state index contributed by atoms with van der Waals surface area (Å²) >= 11 is 1.35. The Morgan fingerprint density at radius 2 is 2.31 bits per heavy atom. The maximum atomic E-state index is 11.0. The molecule has 0 saturated heterocycles. The number of nitrogens with one attached hydrogen (secondary N) is 1. The largest absolute Gasteiger partial charge is 0.322 e. The van der Waals surface area contributed by atoms with Crippen molar-refractivity contribution in [2.24, 2.45) is 5.73 Å². The first-order valence-electron chi connectivity index (χ1n) is 4.66. The zero-order valence-electron chi connectivity index (χ0n) is 8.38. The zero-order valence-corrected chi connectivity index (χ0v) is 9.20. The number of rotatable bonds is 3. The lowest BCUT2D eigenvalue weighted by molar-refractivity contribution is -0.114. The Morgan fingerprint density at radius 1 is 1.44 bits per heavy atom. The molecule has 0 unspecified atom stereocenters. The first kappa shape index (κ1) is 10.7. The highest BCUT2D eigenvalue weighted by molar-refractivity contribution is 7.14. The Labute approximate surface area is 96.3 Å². The predicted octanol–water partition coefficient (Wildman–Crippen LogP) is 1.10. The quantitative estimate of drug-likeness (QED) is 0.833. The SMILES string of the molecule is NCC(=O)Nc1nc(-c2ccccn2)cs1. The van der Waals surface area contributed by atoms with Gasteiger partial charge in [-0.3, -0.25) is 9.78 Å². The molecule has 2 rings (SSSR count). The molecule has 82 valence electrons. The number of hydrogen-bond acceptors (Lipinski definition) is 5. The lowest BCUT2D eigenvalue weighted by Gasteiger charge is -1.96. The van der Waals surface area contributed by atoms with Crippen molar-refractivity contribution in [3.8, 4) is 11.4 Å². The van der Waals surface area contributed by atoms with Gasteiger partial charge in [-0.25, -0.2) is 4.98 Å². The van der Waals surface area contributed by atoms with Crippen LogP contribution in [0.3, 0.4) is 0 Å². The van der Waals surface area contributed by atoms with Crippen molar-refractivity contribution >= 4 is 22.4 Å². The number of hydrogen-bond donors (Lipinski definition) is 2. The molecule has 0 aliphatic carbocycles. The fourth-order valence-corrected chi connectivity index (χ4v) is 1.85. The van der Waals surface area contributed by atoms with Crippen LogP contribution in [0.1, 0.15) is 0 Å². The summed E-state index contributed by atoms with van der Waals surface area (Å²) in [7, 11) is 0. The highest BCUT2D eigenvalue weighted by Gasteiger charge is 2.06. The molecule has 2 heterocycles. The van der Waals surface area contributed by atoms with E-state index in [1.165, 1.54) is 11.3 Å². The molecule has 2 aromatic heterocycles. The standard InChI is InChI=1S/C10H10N4OS/c11-5-9(15)14-10-13-8(6-16-10)7-3-1-2-4-12-7/h1-4,6H,5,11H2,(H,13,14,15). The van der Waals surface area contributed by atoms with E-state index in [2.05, 4.69) is 15.3 Å². The van der Waals surface area contributed by atoms with Gasteiger partial charge in [0, 0.05) is 11.6 Å². The monoisotopic (exact) mass is 234 g/mol. The summed E-state index contributed by atoms with van der Waals surface area (Å²) in [6.45, 7) is -0.0432. The van der Waals surface area contributed by atoms with E-state index in [0.717, 1.165) is 11.4 Å². The van der Waals surface area contributed by atoms with Crippen LogP contribution in [0, 0.1) is 0 Å². The van der Waals surface area contributed by atoms with E-state index in [4.69, 9.17) is 5.73 Å². The number of anilines is 1. The summed E-state index contributed by atoms with van der Waals surface area (Å²) in [6.07, 6.45) is 1.70. The van der Waals surface area contributed by atoms with Gasteiger partial charge in [-0.2, -0.15) is 0 Å². The van der Waals surface area contributed by atoms with Crippen LogP contribution in [-0.2, 0) is 4.79 Å². The number of amides is 1. The molecule has 6 heteroatoms. The van der Waals surface area contributed by atoms with Crippen LogP contribution in [0.25, 0.3) is 11.4 Å². The van der Waals surface area contributed by atoms with Crippen molar-refractivity contribution in [3.05, 3.63) is 29.8 Å². The third-order valence-corrected chi connectivity index (χ3v) is 2.62. The van der Waals surface area contributed by atoms with E-state index in [-0.39, 0.29) is 12.5 Å². The van der Waals surface area contributed by atoms with E-state index < -0.39 is 0 Å². The number of nitrogens with zero attached hydrogens (tertiary/aromatic N) is 2. The van der Waals surface area contributed by atoms with Gasteiger partial charge in [-0.1, -0.05) is 6.07 Å². The third-order valence-electron chi connectivity index (χ3n) is 1.86. The Bertz CT molecular complexity index is 483. The van der Waals surface area contributed by atoms with Crippen molar-refractivity contribution in [2.45, 2.75) is 0 Å². The van der Waals surface area contributed by atoms with E-state index in [1.807, 2.05) is 23.6 Å². The summed E-state index contributed by atoms with van der Waals surface area (Å²) in [4.78, 5) is 19.4. The van der Waals surface area contributed by atoms with Crippen molar-refractivity contribution in [3.63, 3.8) is 0 Å². The van der Waals surface area contributed by atoms with Gasteiger partial charge in [0.2, 0.25) is 5.91 Å². The molecule has 0 aliphatic heterocycles. The van der Waals surface area contributed by atoms with Gasteiger partial charge in [0.15, 0.2) is 5.13 Å². The minimum Gasteiger partial charge on any atom is -0.322 e. The fourth-order valence-electron chi connectivity index (χ4n) is 1.13. The minimum absolute atomic E-state index is 0.0432. The molecule has 0 aromatic carbocycles. The maximum Gasteiger partial charge on any atom is 0.239 e. The summed E-state index contributed by atoms with van der Waals surface area (Å²) in [5.74, 6) is -0.248. The summed E-state index contributed by atoms with van der Waals surface area (Å²) in [5, 5.41) is 4.98. The van der Waals surface area contributed by atoms with Gasteiger partial charge in [0.05, 0.1) is 12.2 Å². The Hall–Kier alpha value is -1.79. The molecule has 16 heavy (non-hydrogen) atoms. The molecule has 5 nitrogen and oxygen atoms in total. The van der Waals surface area contributed by atoms with E-state index in [1.54, 1.807) is 6.20 Å². The molecule has 0 aliphatic rings. The minimum atomic E-state index is -0.248. The molecule has 2 aromatic rings. The van der Waals surface area contributed by atoms with Gasteiger partial charge in [-0.05, 0) is 12.1 Å². The van der Waals surface area contributed by atoms with Crippen LogP contribution in [0.5, 0.6) is 0 Å². The van der Waals surface area contributed by atoms with E-state index in [9.17, 15) is 4.79 Å². The predicted molar refractivity (Wildman–Crippen MR) is 63.0 cm³/mol. The molecule has 0 fully saturated rings. The number of pyridine rings is 1. The Morgan fingerprint density at radius 3 is 3.00 bits per heavy atom. The Balaban J connectivity index is 2.17. The first-order valence-corrected chi connectivity index (χ1v) is 5.54. The molecule has 0 saturated carbocycles. The number of thiazole rings is 1. The topological polar surface area (TPSA) is 80.9 Å². The molecule has 0 atom stereocenters. The highest BCUT2D eigenvalue weighted by Crippen LogP contribution is 2.22. The van der Waals surface area contributed by atoms with Crippen LogP contribution in [0.15, 0.2) is 29.8 Å². The number of nitrogens with two attached hydrogens (primary N) is 1. The van der Waals surface area contributed by atoms with Crippen LogP contribution in [0.2, 0.25) is 0 Å². The lowest BCUT2D eigenvalue weighted by Crippen LogP contribution is -2.21. The van der Waals surface area contributed by atoms with E-state index >= 15 is 0 Å². The summed E-state index contributed by atoms with van der Waals surface area (Å²) in [6, 6.07) is 5.59. The van der Waals surface area contributed by atoms with Crippen LogP contribution < -0.4 is 11.1 Å². The van der Waals surface area contributed by atoms with Gasteiger partial charge in [-0.15, -0.1) is 11.3 Å². The normalized spacial score (nSPS) is 10.1. The van der Waals surface area contributed by atoms with Crippen LogP contribution in [0.4, 0.5) is 5.13 Å². The van der Waals surface area contributed by atoms with Gasteiger partial charge < -0.3 is 11.1 Å². The average Bonchev–Trinajstić information content (AvgIpc) is 2.78. The number of carbonyl (C=O) groups is 1. The third kappa shape index (κ3) is 2.41. The zero-order chi connectivity index (χ0) is 11.4. The first-order chi connectivity index (χ1) is 7.79. The van der Waals surface area contributed by atoms with Crippen molar-refractivity contribution in [1.82, 2.24) is 9.97 Å². The average molecular weight is 234 g/mol. The van der Waals surface area contributed by atoms with Crippen molar-refractivity contribution in [2.75, 3.05) is 11.9 Å². The second kappa shape index (κ2) is 4.82. The lowest BCUT2D eigenvalue weighted by atomic mass is 10.3. The second-order valence-corrected chi connectivity index (χ2v) is 3.86. The molecular formula is C10H10N4OS. The number of aromatic nitrogens is 2. The van der Waals surface area contributed by atoms with E-state index in [0.29, 0.717) is 5.13 Å². The van der Waals surface area contributed by atoms with Crippen LogP contribution >= 0.6 is 11.3 Å². The van der Waals surface area contributed by atoms with Crippen LogP contribution in [-0.4, -0.2) is 22.4 Å². The second-order valence-electron chi connectivity index (χ2n) is 3.01.